The lowest BCUT2D eigenvalue weighted by atomic mass is 10.0. The lowest BCUT2D eigenvalue weighted by Crippen LogP contribution is -2.42. The van der Waals surface area contributed by atoms with Crippen LogP contribution in [0.4, 0.5) is 0 Å². The van der Waals surface area contributed by atoms with Crippen molar-refractivity contribution in [1.29, 1.82) is 0 Å². The molecule has 0 aliphatic rings. The van der Waals surface area contributed by atoms with E-state index in [1.807, 2.05) is 13.8 Å². The molecule has 0 radical (unpaired) electrons. The van der Waals surface area contributed by atoms with Gasteiger partial charge in [0.2, 0.25) is 0 Å². The van der Waals surface area contributed by atoms with Crippen molar-refractivity contribution in [3.05, 3.63) is 16.4 Å². The molecule has 1 aromatic rings. The van der Waals surface area contributed by atoms with E-state index in [2.05, 4.69) is 31.2 Å². The van der Waals surface area contributed by atoms with E-state index in [-0.39, 0.29) is 11.6 Å². The molecule has 0 aliphatic heterocycles. The van der Waals surface area contributed by atoms with Crippen LogP contribution in [0.3, 0.4) is 0 Å². The van der Waals surface area contributed by atoms with Crippen molar-refractivity contribution < 1.29 is 14.7 Å². The number of carboxylic acids is 1. The lowest BCUT2D eigenvalue weighted by molar-refractivity contribution is -0.139. The van der Waals surface area contributed by atoms with Crippen LogP contribution in [0.2, 0.25) is 0 Å². The van der Waals surface area contributed by atoms with E-state index in [1.165, 1.54) is 18.0 Å². The zero-order chi connectivity index (χ0) is 15.3. The van der Waals surface area contributed by atoms with Gasteiger partial charge >= 0.3 is 5.97 Å². The molecule has 0 aliphatic carbocycles. The van der Waals surface area contributed by atoms with Gasteiger partial charge in [-0.1, -0.05) is 25.6 Å². The number of carbonyl (C=O) groups is 2. The van der Waals surface area contributed by atoms with Crippen molar-refractivity contribution in [1.82, 2.24) is 15.3 Å². The summed E-state index contributed by atoms with van der Waals surface area (Å²) in [5.74, 6) is -1.42. The third-order valence-corrected chi connectivity index (χ3v) is 3.57. The number of amides is 1. The number of hydrogen-bond donors (Lipinski definition) is 2. The monoisotopic (exact) mass is 361 g/mol. The molecule has 1 aromatic heterocycles. The maximum absolute atomic E-state index is 12.1. The standard InChI is InChI=1S/C12H16BrN3O3S/c1-6(2)4-8(11(18)19)15-10(17)9-7(13)5-14-12(16-9)20-3/h5-6,8H,4H2,1-3H3,(H,15,17)(H,18,19)/t8-/m1/s1. The van der Waals surface area contributed by atoms with Gasteiger partial charge in [0, 0.05) is 6.20 Å². The summed E-state index contributed by atoms with van der Waals surface area (Å²) in [6, 6.07) is -0.929. The lowest BCUT2D eigenvalue weighted by Gasteiger charge is -2.16. The molecule has 2 N–H and O–H groups in total. The minimum absolute atomic E-state index is 0.138. The molecule has 0 spiro atoms. The van der Waals surface area contributed by atoms with E-state index < -0.39 is 17.9 Å². The summed E-state index contributed by atoms with van der Waals surface area (Å²) in [7, 11) is 0. The van der Waals surface area contributed by atoms with Crippen molar-refractivity contribution in [3.63, 3.8) is 0 Å². The zero-order valence-corrected chi connectivity index (χ0v) is 13.8. The van der Waals surface area contributed by atoms with E-state index >= 15 is 0 Å². The number of rotatable bonds is 6. The summed E-state index contributed by atoms with van der Waals surface area (Å²) in [4.78, 5) is 31.4. The van der Waals surface area contributed by atoms with Crippen LogP contribution in [0, 0.1) is 5.92 Å². The van der Waals surface area contributed by atoms with Crippen LogP contribution >= 0.6 is 27.7 Å². The fourth-order valence-corrected chi connectivity index (χ4v) is 2.24. The Morgan fingerprint density at radius 3 is 2.65 bits per heavy atom. The first-order chi connectivity index (χ1) is 9.35. The number of nitrogens with one attached hydrogen (secondary N) is 1. The highest BCUT2D eigenvalue weighted by atomic mass is 79.9. The molecule has 1 heterocycles. The SMILES string of the molecule is CSc1ncc(Br)c(C(=O)N[C@H](CC(C)C)C(=O)O)n1. The number of aliphatic carboxylic acids is 1. The first kappa shape index (κ1) is 16.9. The van der Waals surface area contributed by atoms with Crippen LogP contribution in [0.1, 0.15) is 30.8 Å². The van der Waals surface area contributed by atoms with E-state index in [9.17, 15) is 9.59 Å². The Morgan fingerprint density at radius 1 is 1.50 bits per heavy atom. The second-order valence-electron chi connectivity index (χ2n) is 4.55. The third kappa shape index (κ3) is 4.75. The molecule has 1 rings (SSSR count). The smallest absolute Gasteiger partial charge is 0.326 e. The molecule has 110 valence electrons. The van der Waals surface area contributed by atoms with E-state index in [0.717, 1.165) is 0 Å². The Morgan fingerprint density at radius 2 is 2.15 bits per heavy atom. The van der Waals surface area contributed by atoms with Gasteiger partial charge in [0.15, 0.2) is 5.16 Å². The number of carbonyl (C=O) groups excluding carboxylic acids is 1. The number of thioether (sulfide) groups is 1. The van der Waals surface area contributed by atoms with Gasteiger partial charge in [-0.2, -0.15) is 0 Å². The molecule has 0 aromatic carbocycles. The van der Waals surface area contributed by atoms with Gasteiger partial charge in [-0.05, 0) is 34.5 Å². The van der Waals surface area contributed by atoms with Gasteiger partial charge in [0.05, 0.1) is 4.47 Å². The van der Waals surface area contributed by atoms with Crippen LogP contribution in [-0.2, 0) is 4.79 Å². The topological polar surface area (TPSA) is 92.2 Å². The maximum atomic E-state index is 12.1. The summed E-state index contributed by atoms with van der Waals surface area (Å²) >= 11 is 4.50. The quantitative estimate of drug-likeness (QED) is 0.595. The summed E-state index contributed by atoms with van der Waals surface area (Å²) in [6.45, 7) is 3.79. The number of nitrogens with zero attached hydrogens (tertiary/aromatic N) is 2. The molecule has 0 bridgehead atoms. The van der Waals surface area contributed by atoms with Crippen molar-refractivity contribution in [2.45, 2.75) is 31.5 Å². The average molecular weight is 362 g/mol. The van der Waals surface area contributed by atoms with E-state index in [1.54, 1.807) is 6.26 Å². The normalized spacial score (nSPS) is 12.2. The molecule has 6 nitrogen and oxygen atoms in total. The summed E-state index contributed by atoms with van der Waals surface area (Å²) in [6.07, 6.45) is 3.63. The highest BCUT2D eigenvalue weighted by molar-refractivity contribution is 9.10. The van der Waals surface area contributed by atoms with Crippen LogP contribution in [0.25, 0.3) is 0 Å². The minimum Gasteiger partial charge on any atom is -0.480 e. The first-order valence-electron chi connectivity index (χ1n) is 5.95. The van der Waals surface area contributed by atoms with Crippen molar-refractivity contribution in [2.24, 2.45) is 5.92 Å². The Balaban J connectivity index is 2.91. The highest BCUT2D eigenvalue weighted by Gasteiger charge is 2.23. The molecule has 1 amide bonds. The number of carboxylic acid groups (broad SMARTS) is 1. The molecular formula is C12H16BrN3O3S. The van der Waals surface area contributed by atoms with Crippen LogP contribution in [0.15, 0.2) is 15.8 Å². The molecule has 1 atom stereocenters. The minimum atomic E-state index is -1.05. The second-order valence-corrected chi connectivity index (χ2v) is 6.17. The van der Waals surface area contributed by atoms with Crippen LogP contribution in [0.5, 0.6) is 0 Å². The summed E-state index contributed by atoms with van der Waals surface area (Å²) < 4.78 is 0.432. The van der Waals surface area contributed by atoms with Gasteiger partial charge in [0.25, 0.3) is 5.91 Å². The molecule has 20 heavy (non-hydrogen) atoms. The van der Waals surface area contributed by atoms with Crippen molar-refractivity contribution in [2.75, 3.05) is 6.26 Å². The third-order valence-electron chi connectivity index (χ3n) is 2.43. The predicted octanol–water partition coefficient (Wildman–Crippen LogP) is 2.19. The molecule has 0 fully saturated rings. The zero-order valence-electron chi connectivity index (χ0n) is 11.4. The van der Waals surface area contributed by atoms with Crippen molar-refractivity contribution >= 4 is 39.6 Å². The Bertz CT molecular complexity index is 511. The summed E-state index contributed by atoms with van der Waals surface area (Å²) in [5.41, 5.74) is 0.138. The van der Waals surface area contributed by atoms with Gasteiger partial charge in [-0.3, -0.25) is 4.79 Å². The van der Waals surface area contributed by atoms with Gasteiger partial charge in [-0.15, -0.1) is 0 Å². The molecule has 0 unspecified atom stereocenters. The molecule has 8 heteroatoms. The average Bonchev–Trinajstić information content (AvgIpc) is 2.37. The molecular weight excluding hydrogens is 346 g/mol. The largest absolute Gasteiger partial charge is 0.480 e. The number of hydrogen-bond acceptors (Lipinski definition) is 5. The van der Waals surface area contributed by atoms with E-state index in [0.29, 0.717) is 16.0 Å². The number of aromatic nitrogens is 2. The van der Waals surface area contributed by atoms with Gasteiger partial charge in [-0.25, -0.2) is 14.8 Å². The molecule has 0 saturated heterocycles. The fourth-order valence-electron chi connectivity index (χ4n) is 1.53. The predicted molar refractivity (Wildman–Crippen MR) is 79.9 cm³/mol. The Hall–Kier alpha value is -1.15. The summed E-state index contributed by atoms with van der Waals surface area (Å²) in [5, 5.41) is 12.1. The molecule has 0 saturated carbocycles. The van der Waals surface area contributed by atoms with Crippen LogP contribution < -0.4 is 5.32 Å². The van der Waals surface area contributed by atoms with Gasteiger partial charge < -0.3 is 10.4 Å². The maximum Gasteiger partial charge on any atom is 0.326 e. The second kappa shape index (κ2) is 7.58. The van der Waals surface area contributed by atoms with Crippen molar-refractivity contribution in [3.8, 4) is 0 Å². The fraction of sp³-hybridized carbons (Fsp3) is 0.500. The first-order valence-corrected chi connectivity index (χ1v) is 7.97. The van der Waals surface area contributed by atoms with Crippen LogP contribution in [-0.4, -0.2) is 39.2 Å². The van der Waals surface area contributed by atoms with Gasteiger partial charge in [0.1, 0.15) is 11.7 Å². The Kier molecular flexibility index (Phi) is 6.41. The Labute approximate surface area is 129 Å². The number of halogens is 1. The van der Waals surface area contributed by atoms with E-state index in [4.69, 9.17) is 5.11 Å². The highest BCUT2D eigenvalue weighted by Crippen LogP contribution is 2.17.